The Morgan fingerprint density at radius 1 is 1.29 bits per heavy atom. The minimum absolute atomic E-state index is 0.281. The second-order valence-corrected chi connectivity index (χ2v) is 3.55. The molecule has 0 fully saturated rings. The Bertz CT molecular complexity index is 516. The van der Waals surface area contributed by atoms with E-state index in [9.17, 15) is 4.39 Å². The summed E-state index contributed by atoms with van der Waals surface area (Å²) in [6.45, 7) is 0.283. The molecule has 1 N–H and O–H groups in total. The van der Waals surface area contributed by atoms with E-state index in [1.54, 1.807) is 30.3 Å². The van der Waals surface area contributed by atoms with E-state index in [1.807, 2.05) is 0 Å². The maximum Gasteiger partial charge on any atom is 0.154 e. The van der Waals surface area contributed by atoms with Gasteiger partial charge in [-0.25, -0.2) is 4.39 Å². The molecule has 0 aliphatic rings. The molecule has 1 aromatic heterocycles. The van der Waals surface area contributed by atoms with Crippen LogP contribution in [-0.2, 0) is 6.54 Å². The first-order chi connectivity index (χ1) is 8.31. The molecule has 0 saturated carbocycles. The summed E-state index contributed by atoms with van der Waals surface area (Å²) < 4.78 is 18.5. The Morgan fingerprint density at radius 3 is 2.76 bits per heavy atom. The number of nitrogens with one attached hydrogen (secondary N) is 1. The topological polar surface area (TPSA) is 49.0 Å². The van der Waals surface area contributed by atoms with Gasteiger partial charge in [0.1, 0.15) is 11.6 Å². The van der Waals surface area contributed by atoms with Crippen molar-refractivity contribution in [2.24, 2.45) is 0 Å². The van der Waals surface area contributed by atoms with E-state index in [-0.39, 0.29) is 12.4 Å². The lowest BCUT2D eigenvalue weighted by atomic mass is 10.2. The maximum atomic E-state index is 13.3. The highest BCUT2D eigenvalue weighted by atomic mass is 19.1. The zero-order valence-electron chi connectivity index (χ0n) is 9.06. The van der Waals surface area contributed by atoms with Gasteiger partial charge in [0.05, 0.1) is 12.3 Å². The molecule has 1 aromatic carbocycles. The van der Waals surface area contributed by atoms with Crippen molar-refractivity contribution in [1.82, 2.24) is 5.32 Å². The first kappa shape index (κ1) is 11.4. The average molecular weight is 230 g/mol. The Morgan fingerprint density at radius 2 is 2.12 bits per heavy atom. The Labute approximate surface area is 98.5 Å². The van der Waals surface area contributed by atoms with Gasteiger partial charge in [-0.05, 0) is 18.2 Å². The van der Waals surface area contributed by atoms with E-state index in [1.165, 1.54) is 12.3 Å². The highest BCUT2D eigenvalue weighted by Gasteiger charge is 2.13. The van der Waals surface area contributed by atoms with Gasteiger partial charge >= 0.3 is 0 Å². The highest BCUT2D eigenvalue weighted by Crippen LogP contribution is 2.14. The summed E-state index contributed by atoms with van der Waals surface area (Å²) in [6, 6.07) is 11.4. The highest BCUT2D eigenvalue weighted by molar-refractivity contribution is 5.18. The molecule has 1 unspecified atom stereocenters. The van der Waals surface area contributed by atoms with Crippen molar-refractivity contribution >= 4 is 0 Å². The molecule has 2 aromatic rings. The van der Waals surface area contributed by atoms with Crippen LogP contribution in [0.4, 0.5) is 4.39 Å². The van der Waals surface area contributed by atoms with Crippen LogP contribution in [0.3, 0.4) is 0 Å². The minimum atomic E-state index is -0.565. The molecule has 86 valence electrons. The summed E-state index contributed by atoms with van der Waals surface area (Å²) in [6.07, 6.45) is 1.50. The number of halogens is 1. The molecule has 2 rings (SSSR count). The van der Waals surface area contributed by atoms with E-state index in [0.717, 1.165) is 0 Å². The molecule has 3 nitrogen and oxygen atoms in total. The summed E-state index contributed by atoms with van der Waals surface area (Å²) in [5, 5.41) is 11.9. The van der Waals surface area contributed by atoms with Gasteiger partial charge in [0.2, 0.25) is 0 Å². The normalized spacial score (nSPS) is 12.0. The Kier molecular flexibility index (Phi) is 3.53. The fourth-order valence-corrected chi connectivity index (χ4v) is 1.52. The quantitative estimate of drug-likeness (QED) is 0.878. The molecule has 0 bridgehead atoms. The number of hydrogen-bond donors (Lipinski definition) is 1. The Balaban J connectivity index is 2.03. The minimum Gasteiger partial charge on any atom is -0.467 e. The first-order valence-corrected chi connectivity index (χ1v) is 5.21. The average Bonchev–Trinajstić information content (AvgIpc) is 2.86. The number of furan rings is 1. The van der Waals surface area contributed by atoms with E-state index in [0.29, 0.717) is 11.3 Å². The van der Waals surface area contributed by atoms with Crippen LogP contribution in [0.15, 0.2) is 47.1 Å². The molecular weight excluding hydrogens is 219 g/mol. The number of benzene rings is 1. The lowest BCUT2D eigenvalue weighted by molar-refractivity contribution is 0.453. The molecule has 0 spiro atoms. The van der Waals surface area contributed by atoms with Crippen molar-refractivity contribution < 1.29 is 8.81 Å². The number of nitriles is 1. The molecule has 1 atom stereocenters. The van der Waals surface area contributed by atoms with Crippen molar-refractivity contribution in [3.8, 4) is 6.07 Å². The zero-order chi connectivity index (χ0) is 12.1. The molecule has 0 aliphatic heterocycles. The number of hydrogen-bond acceptors (Lipinski definition) is 3. The standard InChI is InChI=1S/C13H11FN2O/c14-11-5-2-1-4-10(11)9-16-12(8-15)13-6-3-7-17-13/h1-7,12,16H,9H2. The second-order valence-electron chi connectivity index (χ2n) is 3.55. The zero-order valence-corrected chi connectivity index (χ0v) is 9.06. The summed E-state index contributed by atoms with van der Waals surface area (Å²) in [7, 11) is 0. The summed E-state index contributed by atoms with van der Waals surface area (Å²) in [4.78, 5) is 0. The third-order valence-electron chi connectivity index (χ3n) is 2.41. The van der Waals surface area contributed by atoms with E-state index in [4.69, 9.17) is 9.68 Å². The number of nitrogens with zero attached hydrogens (tertiary/aromatic N) is 1. The molecule has 0 saturated heterocycles. The summed E-state index contributed by atoms with van der Waals surface area (Å²) in [5.74, 6) is 0.250. The third-order valence-corrected chi connectivity index (χ3v) is 2.41. The van der Waals surface area contributed by atoms with E-state index >= 15 is 0 Å². The lowest BCUT2D eigenvalue weighted by Crippen LogP contribution is -2.19. The van der Waals surface area contributed by atoms with Crippen LogP contribution in [-0.4, -0.2) is 0 Å². The molecule has 17 heavy (non-hydrogen) atoms. The van der Waals surface area contributed by atoms with Gasteiger partial charge in [0, 0.05) is 12.1 Å². The molecule has 4 heteroatoms. The van der Waals surface area contributed by atoms with Crippen LogP contribution in [0.25, 0.3) is 0 Å². The largest absolute Gasteiger partial charge is 0.467 e. The smallest absolute Gasteiger partial charge is 0.154 e. The summed E-state index contributed by atoms with van der Waals surface area (Å²) >= 11 is 0. The predicted octanol–water partition coefficient (Wildman–Crippen LogP) is 2.77. The van der Waals surface area contributed by atoms with Crippen LogP contribution in [0.5, 0.6) is 0 Å². The van der Waals surface area contributed by atoms with Gasteiger partial charge in [0.25, 0.3) is 0 Å². The van der Waals surface area contributed by atoms with Crippen molar-refractivity contribution in [3.05, 3.63) is 59.8 Å². The fourth-order valence-electron chi connectivity index (χ4n) is 1.52. The monoisotopic (exact) mass is 230 g/mol. The SMILES string of the molecule is N#CC(NCc1ccccc1F)c1ccco1. The third kappa shape index (κ3) is 2.71. The predicted molar refractivity (Wildman–Crippen MR) is 60.3 cm³/mol. The molecular formula is C13H11FN2O. The molecule has 0 amide bonds. The van der Waals surface area contributed by atoms with Crippen molar-refractivity contribution in [2.75, 3.05) is 0 Å². The van der Waals surface area contributed by atoms with Crippen molar-refractivity contribution in [2.45, 2.75) is 12.6 Å². The van der Waals surface area contributed by atoms with Crippen LogP contribution >= 0.6 is 0 Å². The van der Waals surface area contributed by atoms with E-state index < -0.39 is 6.04 Å². The molecule has 1 heterocycles. The van der Waals surface area contributed by atoms with Gasteiger partial charge in [-0.2, -0.15) is 5.26 Å². The fraction of sp³-hybridized carbons (Fsp3) is 0.154. The summed E-state index contributed by atoms with van der Waals surface area (Å²) in [5.41, 5.74) is 0.527. The first-order valence-electron chi connectivity index (χ1n) is 5.21. The molecule has 0 aliphatic carbocycles. The Hall–Kier alpha value is -2.12. The van der Waals surface area contributed by atoms with Gasteiger partial charge in [-0.1, -0.05) is 18.2 Å². The van der Waals surface area contributed by atoms with Crippen LogP contribution in [0.2, 0.25) is 0 Å². The van der Waals surface area contributed by atoms with Gasteiger partial charge in [-0.15, -0.1) is 0 Å². The number of rotatable bonds is 4. The lowest BCUT2D eigenvalue weighted by Gasteiger charge is -2.09. The molecule has 0 radical (unpaired) electrons. The maximum absolute atomic E-state index is 13.3. The van der Waals surface area contributed by atoms with Crippen LogP contribution < -0.4 is 5.32 Å². The van der Waals surface area contributed by atoms with Crippen LogP contribution in [0, 0.1) is 17.1 Å². The van der Waals surface area contributed by atoms with Gasteiger partial charge in [0.15, 0.2) is 6.04 Å². The van der Waals surface area contributed by atoms with Crippen LogP contribution in [0.1, 0.15) is 17.4 Å². The second kappa shape index (κ2) is 5.28. The van der Waals surface area contributed by atoms with Gasteiger partial charge in [-0.3, -0.25) is 5.32 Å². The van der Waals surface area contributed by atoms with Crippen molar-refractivity contribution in [1.29, 1.82) is 5.26 Å². The van der Waals surface area contributed by atoms with Gasteiger partial charge < -0.3 is 4.42 Å². The van der Waals surface area contributed by atoms with E-state index in [2.05, 4.69) is 11.4 Å². The van der Waals surface area contributed by atoms with Crippen molar-refractivity contribution in [3.63, 3.8) is 0 Å².